The number of carbonyl (C=O) groups excluding carboxylic acids is 1. The second kappa shape index (κ2) is 9.68. The summed E-state index contributed by atoms with van der Waals surface area (Å²) in [5.41, 5.74) is 5.71. The van der Waals surface area contributed by atoms with Gasteiger partial charge in [-0.2, -0.15) is 0 Å². The van der Waals surface area contributed by atoms with E-state index in [0.717, 1.165) is 81.7 Å². The molecule has 4 nitrogen and oxygen atoms in total. The predicted octanol–water partition coefficient (Wildman–Crippen LogP) is 5.11. The lowest BCUT2D eigenvalue weighted by atomic mass is 9.95. The van der Waals surface area contributed by atoms with Crippen LogP contribution in [0, 0.1) is 5.82 Å². The van der Waals surface area contributed by atoms with Crippen molar-refractivity contribution in [3.63, 3.8) is 0 Å². The number of hydrogen-bond acceptors (Lipinski definition) is 3. The van der Waals surface area contributed by atoms with Gasteiger partial charge in [-0.15, -0.1) is 0 Å². The van der Waals surface area contributed by atoms with Crippen LogP contribution in [0.4, 0.5) is 4.39 Å². The van der Waals surface area contributed by atoms with E-state index < -0.39 is 0 Å². The second-order valence-corrected chi connectivity index (χ2v) is 9.53. The molecule has 1 aliphatic carbocycles. The number of amides is 1. The molecule has 174 valence electrons. The van der Waals surface area contributed by atoms with Gasteiger partial charge in [0, 0.05) is 56.7 Å². The largest absolute Gasteiger partial charge is 0.488 e. The maximum absolute atomic E-state index is 14.2. The van der Waals surface area contributed by atoms with Gasteiger partial charge in [0.2, 0.25) is 5.91 Å². The first kappa shape index (κ1) is 22.1. The minimum Gasteiger partial charge on any atom is -0.488 e. The lowest BCUT2D eigenvalue weighted by Gasteiger charge is -2.36. The van der Waals surface area contributed by atoms with E-state index in [1.54, 1.807) is 12.1 Å². The number of nitrogens with zero attached hydrogens (tertiary/aromatic N) is 2. The number of unbranched alkanes of at least 4 members (excludes halogenated alkanes) is 2. The van der Waals surface area contributed by atoms with Crippen LogP contribution in [0.3, 0.4) is 0 Å². The fourth-order valence-corrected chi connectivity index (χ4v) is 5.40. The van der Waals surface area contributed by atoms with E-state index in [1.165, 1.54) is 16.7 Å². The van der Waals surface area contributed by atoms with E-state index in [0.29, 0.717) is 12.3 Å². The molecule has 0 radical (unpaired) electrons. The van der Waals surface area contributed by atoms with E-state index in [2.05, 4.69) is 36.1 Å². The van der Waals surface area contributed by atoms with Gasteiger partial charge in [-0.3, -0.25) is 9.69 Å². The first-order valence-electron chi connectivity index (χ1n) is 12.4. The number of carbonyl (C=O) groups is 1. The Bertz CT molecular complexity index is 1060. The number of benzene rings is 2. The summed E-state index contributed by atoms with van der Waals surface area (Å²) in [6, 6.07) is 13.5. The average Bonchev–Trinajstić information content (AvgIpc) is 3.19. The van der Waals surface area contributed by atoms with Gasteiger partial charge in [-0.1, -0.05) is 50.1 Å². The molecule has 0 spiro atoms. The molecule has 1 amide bonds. The molecular weight excluding hydrogens is 415 g/mol. The number of rotatable bonds is 6. The number of hydrogen-bond donors (Lipinski definition) is 0. The minimum atomic E-state index is -0.224. The summed E-state index contributed by atoms with van der Waals surface area (Å²) in [4.78, 5) is 16.9. The molecule has 2 aromatic rings. The molecule has 0 N–H and O–H groups in total. The van der Waals surface area contributed by atoms with Gasteiger partial charge >= 0.3 is 0 Å². The van der Waals surface area contributed by atoms with Crippen molar-refractivity contribution in [2.75, 3.05) is 32.7 Å². The first-order chi connectivity index (χ1) is 16.1. The van der Waals surface area contributed by atoms with Gasteiger partial charge < -0.3 is 9.64 Å². The Balaban J connectivity index is 1.26. The Morgan fingerprint density at radius 2 is 1.82 bits per heavy atom. The second-order valence-electron chi connectivity index (χ2n) is 9.53. The lowest BCUT2D eigenvalue weighted by molar-refractivity contribution is -0.133. The van der Waals surface area contributed by atoms with Gasteiger partial charge in [0.1, 0.15) is 17.7 Å². The molecule has 3 aliphatic rings. The number of fused-ring (bicyclic) bond motifs is 4. The monoisotopic (exact) mass is 448 g/mol. The number of halogens is 1. The highest BCUT2D eigenvalue weighted by molar-refractivity contribution is 5.93. The van der Waals surface area contributed by atoms with Gasteiger partial charge in [-0.05, 0) is 41.7 Å². The molecule has 33 heavy (non-hydrogen) atoms. The molecule has 0 aromatic heterocycles. The summed E-state index contributed by atoms with van der Waals surface area (Å²) in [5.74, 6) is 0.923. The minimum absolute atomic E-state index is 0.0454. The van der Waals surface area contributed by atoms with E-state index in [9.17, 15) is 9.18 Å². The van der Waals surface area contributed by atoms with Crippen LogP contribution in [0.5, 0.6) is 0 Å². The van der Waals surface area contributed by atoms with Crippen LogP contribution in [0.2, 0.25) is 0 Å². The van der Waals surface area contributed by atoms with Crippen molar-refractivity contribution in [1.82, 2.24) is 9.80 Å². The summed E-state index contributed by atoms with van der Waals surface area (Å²) in [6.45, 7) is 6.34. The summed E-state index contributed by atoms with van der Waals surface area (Å²) < 4.78 is 20.7. The number of piperazine rings is 1. The summed E-state index contributed by atoms with van der Waals surface area (Å²) in [7, 11) is 0. The maximum atomic E-state index is 14.2. The highest BCUT2D eigenvalue weighted by Gasteiger charge is 2.34. The van der Waals surface area contributed by atoms with Crippen LogP contribution >= 0.6 is 0 Å². The molecular formula is C28H33FN2O2. The zero-order chi connectivity index (χ0) is 22.8. The summed E-state index contributed by atoms with van der Waals surface area (Å²) in [5, 5.41) is 0. The Morgan fingerprint density at radius 1 is 1.03 bits per heavy atom. The van der Waals surface area contributed by atoms with Gasteiger partial charge in [0.05, 0.1) is 0 Å². The van der Waals surface area contributed by atoms with Crippen molar-refractivity contribution in [3.8, 4) is 0 Å². The fourth-order valence-electron chi connectivity index (χ4n) is 5.40. The first-order valence-corrected chi connectivity index (χ1v) is 12.4. The smallest absolute Gasteiger partial charge is 0.222 e. The van der Waals surface area contributed by atoms with Crippen molar-refractivity contribution in [2.45, 2.75) is 51.6 Å². The van der Waals surface area contributed by atoms with Crippen LogP contribution in [0.15, 0.2) is 42.5 Å². The third-order valence-electron chi connectivity index (χ3n) is 7.21. The Kier molecular flexibility index (Phi) is 6.50. The standard InChI is InChI=1S/C28H33FN2O2/c1-2-3-4-9-27(32)31-14-12-30(13-15-31)19-23-18-26-24-8-6-5-7-20(24)16-21-10-11-22(29)17-25(21)28(26)33-23/h5-8,10-11,17,23H,2-4,9,12-16,18-19H2,1H3. The van der Waals surface area contributed by atoms with Crippen LogP contribution in [0.25, 0.3) is 11.3 Å². The Morgan fingerprint density at radius 3 is 2.64 bits per heavy atom. The zero-order valence-corrected chi connectivity index (χ0v) is 19.5. The predicted molar refractivity (Wildman–Crippen MR) is 129 cm³/mol. The molecule has 1 unspecified atom stereocenters. The van der Waals surface area contributed by atoms with E-state index in [-0.39, 0.29) is 11.9 Å². The van der Waals surface area contributed by atoms with E-state index >= 15 is 0 Å². The van der Waals surface area contributed by atoms with E-state index in [4.69, 9.17) is 4.74 Å². The zero-order valence-electron chi connectivity index (χ0n) is 19.5. The molecule has 0 bridgehead atoms. The van der Waals surface area contributed by atoms with Crippen molar-refractivity contribution in [3.05, 3.63) is 70.5 Å². The average molecular weight is 449 g/mol. The Hall–Kier alpha value is -2.66. The maximum Gasteiger partial charge on any atom is 0.222 e. The molecule has 0 saturated carbocycles. The topological polar surface area (TPSA) is 32.8 Å². The van der Waals surface area contributed by atoms with E-state index in [1.807, 2.05) is 11.0 Å². The fraction of sp³-hybridized carbons (Fsp3) is 0.464. The summed E-state index contributed by atoms with van der Waals surface area (Å²) in [6.07, 6.45) is 5.60. The van der Waals surface area contributed by atoms with Crippen LogP contribution in [-0.2, 0) is 16.0 Å². The third-order valence-corrected chi connectivity index (χ3v) is 7.21. The number of ether oxygens (including phenoxy) is 1. The van der Waals surface area contributed by atoms with Crippen molar-refractivity contribution < 1.29 is 13.9 Å². The van der Waals surface area contributed by atoms with Crippen LogP contribution in [-0.4, -0.2) is 54.5 Å². The van der Waals surface area contributed by atoms with Crippen molar-refractivity contribution >= 4 is 17.2 Å². The molecule has 2 heterocycles. The van der Waals surface area contributed by atoms with Gasteiger partial charge in [-0.25, -0.2) is 4.39 Å². The SMILES string of the molecule is CCCCCC(=O)N1CCN(CC2CC3=C(O2)c2cc(F)ccc2Cc2ccccc23)CC1. The Labute approximate surface area is 196 Å². The van der Waals surface area contributed by atoms with Crippen LogP contribution < -0.4 is 0 Å². The molecule has 1 fully saturated rings. The highest BCUT2D eigenvalue weighted by atomic mass is 19.1. The molecule has 1 saturated heterocycles. The van der Waals surface area contributed by atoms with Gasteiger partial charge in [0.25, 0.3) is 0 Å². The van der Waals surface area contributed by atoms with Gasteiger partial charge in [0.15, 0.2) is 0 Å². The van der Waals surface area contributed by atoms with Crippen LogP contribution in [0.1, 0.15) is 61.3 Å². The molecule has 2 aliphatic heterocycles. The quantitative estimate of drug-likeness (QED) is 0.576. The molecule has 5 heteroatoms. The highest BCUT2D eigenvalue weighted by Crippen LogP contribution is 2.44. The lowest BCUT2D eigenvalue weighted by Crippen LogP contribution is -2.50. The third kappa shape index (κ3) is 4.70. The normalized spacial score (nSPS) is 20.1. The van der Waals surface area contributed by atoms with Crippen molar-refractivity contribution in [1.29, 1.82) is 0 Å². The molecule has 2 aromatic carbocycles. The summed E-state index contributed by atoms with van der Waals surface area (Å²) >= 11 is 0. The van der Waals surface area contributed by atoms with Crippen molar-refractivity contribution in [2.24, 2.45) is 0 Å². The molecule has 1 atom stereocenters. The molecule has 5 rings (SSSR count).